The summed E-state index contributed by atoms with van der Waals surface area (Å²) >= 11 is 0. The molecule has 152 valence electrons. The van der Waals surface area contributed by atoms with E-state index in [0.29, 0.717) is 35.3 Å². The predicted molar refractivity (Wildman–Crippen MR) is 111 cm³/mol. The molecule has 5 rings (SSSR count). The minimum atomic E-state index is -0.343. The van der Waals surface area contributed by atoms with E-state index in [1.165, 1.54) is 0 Å². The quantitative estimate of drug-likeness (QED) is 0.433. The molecule has 1 amide bonds. The van der Waals surface area contributed by atoms with Gasteiger partial charge in [-0.1, -0.05) is 23.4 Å². The van der Waals surface area contributed by atoms with E-state index in [0.717, 1.165) is 11.1 Å². The van der Waals surface area contributed by atoms with Gasteiger partial charge in [0.1, 0.15) is 5.69 Å². The molecule has 9 heteroatoms. The number of aromatic nitrogens is 5. The van der Waals surface area contributed by atoms with Crippen molar-refractivity contribution < 1.29 is 13.7 Å². The molecule has 0 aliphatic carbocycles. The highest BCUT2D eigenvalue weighted by Crippen LogP contribution is 2.22. The van der Waals surface area contributed by atoms with Gasteiger partial charge >= 0.3 is 0 Å². The van der Waals surface area contributed by atoms with E-state index in [9.17, 15) is 4.79 Å². The van der Waals surface area contributed by atoms with Crippen LogP contribution in [-0.2, 0) is 6.42 Å². The number of para-hydroxylation sites is 1. The van der Waals surface area contributed by atoms with Crippen LogP contribution in [0.25, 0.3) is 22.8 Å². The number of carbonyl (C=O) groups excluding carboxylic acids is 1. The molecule has 0 saturated carbocycles. The van der Waals surface area contributed by atoms with E-state index in [4.69, 9.17) is 8.94 Å². The third-order valence-electron chi connectivity index (χ3n) is 4.61. The van der Waals surface area contributed by atoms with E-state index in [2.05, 4.69) is 30.6 Å². The Morgan fingerprint density at radius 2 is 1.94 bits per heavy atom. The monoisotopic (exact) mass is 412 g/mol. The van der Waals surface area contributed by atoms with Crippen LogP contribution in [0.15, 0.2) is 82.2 Å². The minimum absolute atomic E-state index is 0.249. The second-order valence-electron chi connectivity index (χ2n) is 6.68. The second-order valence-corrected chi connectivity index (χ2v) is 6.68. The summed E-state index contributed by atoms with van der Waals surface area (Å²) in [7, 11) is 0. The molecule has 0 aliphatic heterocycles. The summed E-state index contributed by atoms with van der Waals surface area (Å²) in [6, 6.07) is 16.2. The first-order chi connectivity index (χ1) is 15.3. The van der Waals surface area contributed by atoms with Crippen LogP contribution in [0.1, 0.15) is 21.9 Å². The van der Waals surface area contributed by atoms with Gasteiger partial charge in [0.2, 0.25) is 11.7 Å². The highest BCUT2D eigenvalue weighted by Gasteiger charge is 2.16. The van der Waals surface area contributed by atoms with Crippen molar-refractivity contribution in [3.8, 4) is 22.8 Å². The molecule has 2 N–H and O–H groups in total. The normalized spacial score (nSPS) is 10.8. The Hall–Kier alpha value is -4.53. The molecule has 1 aromatic carbocycles. The Bertz CT molecular complexity index is 1310. The van der Waals surface area contributed by atoms with Gasteiger partial charge in [-0.05, 0) is 35.9 Å². The fourth-order valence-electron chi connectivity index (χ4n) is 3.09. The van der Waals surface area contributed by atoms with E-state index in [1.807, 2.05) is 36.4 Å². The number of hydrogen-bond donors (Lipinski definition) is 2. The molecule has 5 aromatic rings. The van der Waals surface area contributed by atoms with Crippen LogP contribution in [0.5, 0.6) is 0 Å². The van der Waals surface area contributed by atoms with E-state index in [1.54, 1.807) is 36.9 Å². The van der Waals surface area contributed by atoms with Crippen LogP contribution in [0.2, 0.25) is 0 Å². The lowest BCUT2D eigenvalue weighted by atomic mass is 10.1. The maximum absolute atomic E-state index is 12.7. The molecule has 0 aliphatic rings. The zero-order valence-corrected chi connectivity index (χ0v) is 16.1. The molecule has 4 heterocycles. The highest BCUT2D eigenvalue weighted by molar-refractivity contribution is 6.03. The second kappa shape index (κ2) is 8.07. The third kappa shape index (κ3) is 3.97. The fourth-order valence-corrected chi connectivity index (χ4v) is 3.09. The van der Waals surface area contributed by atoms with Gasteiger partial charge in [0.05, 0.1) is 12.7 Å². The molecule has 0 saturated heterocycles. The Balaban J connectivity index is 1.33. The van der Waals surface area contributed by atoms with Crippen molar-refractivity contribution in [3.63, 3.8) is 0 Å². The lowest BCUT2D eigenvalue weighted by molar-refractivity contribution is 0.102. The van der Waals surface area contributed by atoms with Crippen molar-refractivity contribution in [1.82, 2.24) is 25.3 Å². The number of anilines is 1. The van der Waals surface area contributed by atoms with E-state index < -0.39 is 0 Å². The van der Waals surface area contributed by atoms with E-state index in [-0.39, 0.29) is 11.6 Å². The van der Waals surface area contributed by atoms with Crippen LogP contribution in [-0.4, -0.2) is 31.2 Å². The molecule has 0 fully saturated rings. The van der Waals surface area contributed by atoms with Gasteiger partial charge in [-0.2, -0.15) is 10.1 Å². The van der Waals surface area contributed by atoms with Crippen LogP contribution >= 0.6 is 0 Å². The van der Waals surface area contributed by atoms with Crippen molar-refractivity contribution in [2.24, 2.45) is 0 Å². The number of nitrogens with one attached hydrogen (secondary N) is 2. The highest BCUT2D eigenvalue weighted by atomic mass is 16.5. The average molecular weight is 412 g/mol. The van der Waals surface area contributed by atoms with Crippen LogP contribution in [0.4, 0.5) is 5.69 Å². The predicted octanol–water partition coefficient (Wildman–Crippen LogP) is 3.96. The first-order valence-corrected chi connectivity index (χ1v) is 9.48. The number of rotatable bonds is 6. The van der Waals surface area contributed by atoms with Gasteiger partial charge in [-0.15, -0.1) is 0 Å². The first kappa shape index (κ1) is 18.5. The lowest BCUT2D eigenvalue weighted by Crippen LogP contribution is -2.14. The molecular formula is C22H16N6O3. The van der Waals surface area contributed by atoms with Crippen molar-refractivity contribution >= 4 is 11.6 Å². The molecule has 4 aromatic heterocycles. The number of furan rings is 1. The number of nitrogens with zero attached hydrogens (tertiary/aromatic N) is 4. The Morgan fingerprint density at radius 1 is 1.06 bits per heavy atom. The van der Waals surface area contributed by atoms with Gasteiger partial charge in [-0.3, -0.25) is 14.9 Å². The maximum atomic E-state index is 12.7. The SMILES string of the molecule is O=C(Nc1ccccc1Cc1nc(-c2ccncc2)no1)c1cc(-c2ccco2)[nH]n1. The first-order valence-electron chi connectivity index (χ1n) is 9.48. The molecule has 0 bridgehead atoms. The lowest BCUT2D eigenvalue weighted by Gasteiger charge is -2.08. The van der Waals surface area contributed by atoms with Gasteiger partial charge in [-0.25, -0.2) is 0 Å². The largest absolute Gasteiger partial charge is 0.463 e. The smallest absolute Gasteiger partial charge is 0.276 e. The Morgan fingerprint density at radius 3 is 2.77 bits per heavy atom. The summed E-state index contributed by atoms with van der Waals surface area (Å²) in [5.41, 5.74) is 3.16. The fraction of sp³-hybridized carbons (Fsp3) is 0.0455. The number of pyridine rings is 1. The van der Waals surface area contributed by atoms with Gasteiger partial charge in [0.15, 0.2) is 11.5 Å². The number of hydrogen-bond acceptors (Lipinski definition) is 7. The summed E-state index contributed by atoms with van der Waals surface area (Å²) in [6.45, 7) is 0. The van der Waals surface area contributed by atoms with Gasteiger partial charge in [0, 0.05) is 29.7 Å². The molecule has 0 unspecified atom stereocenters. The zero-order chi connectivity index (χ0) is 21.0. The Labute approximate surface area is 176 Å². The molecule has 31 heavy (non-hydrogen) atoms. The van der Waals surface area contributed by atoms with Crippen molar-refractivity contribution in [1.29, 1.82) is 0 Å². The number of aromatic amines is 1. The van der Waals surface area contributed by atoms with Crippen molar-refractivity contribution in [2.45, 2.75) is 6.42 Å². The van der Waals surface area contributed by atoms with E-state index >= 15 is 0 Å². The summed E-state index contributed by atoms with van der Waals surface area (Å²) in [5, 5.41) is 13.8. The summed E-state index contributed by atoms with van der Waals surface area (Å²) in [4.78, 5) is 21.1. The molecule has 0 spiro atoms. The third-order valence-corrected chi connectivity index (χ3v) is 4.61. The van der Waals surface area contributed by atoms with Crippen LogP contribution in [0, 0.1) is 0 Å². The Kier molecular flexibility index (Phi) is 4.82. The van der Waals surface area contributed by atoms with Gasteiger partial charge < -0.3 is 14.3 Å². The summed E-state index contributed by atoms with van der Waals surface area (Å²) in [6.07, 6.45) is 5.27. The molecule has 0 atom stereocenters. The van der Waals surface area contributed by atoms with Crippen LogP contribution < -0.4 is 5.32 Å². The number of amides is 1. The average Bonchev–Trinajstić information content (AvgIpc) is 3.57. The van der Waals surface area contributed by atoms with Crippen molar-refractivity contribution in [3.05, 3.63) is 90.4 Å². The standard InChI is InChI=1S/C22H16N6O3/c29-22(18-13-17(26-27-18)19-6-3-11-30-19)24-16-5-2-1-4-15(16)12-20-25-21(28-31-20)14-7-9-23-10-8-14/h1-11,13H,12H2,(H,24,29)(H,26,27). The number of benzene rings is 1. The minimum Gasteiger partial charge on any atom is -0.463 e. The van der Waals surface area contributed by atoms with Crippen molar-refractivity contribution in [2.75, 3.05) is 5.32 Å². The summed E-state index contributed by atoms with van der Waals surface area (Å²) < 4.78 is 10.7. The maximum Gasteiger partial charge on any atom is 0.276 e. The molecule has 0 radical (unpaired) electrons. The topological polar surface area (TPSA) is 123 Å². The van der Waals surface area contributed by atoms with Gasteiger partial charge in [0.25, 0.3) is 5.91 Å². The number of H-pyrrole nitrogens is 1. The zero-order valence-electron chi connectivity index (χ0n) is 16.1. The molecular weight excluding hydrogens is 396 g/mol. The number of carbonyl (C=O) groups is 1. The summed E-state index contributed by atoms with van der Waals surface area (Å²) in [5.74, 6) is 1.19. The van der Waals surface area contributed by atoms with Crippen LogP contribution in [0.3, 0.4) is 0 Å². The molecule has 9 nitrogen and oxygen atoms in total.